The third kappa shape index (κ3) is 2.14. The molecule has 4 rings (SSSR count). The molecule has 1 aliphatic rings. The SMILES string of the molecule is O=C(NCc1ncc2ccccn12)c1ccc2c(c1)OCO2. The number of imidazole rings is 1. The normalized spacial score (nSPS) is 12.5. The standard InChI is InChI=1S/C16H13N3O3/c20-16(11-4-5-13-14(7-11)22-10-21-13)18-9-15-17-8-12-3-1-2-6-19(12)15/h1-8H,9-10H2,(H,18,20). The van der Waals surface area contributed by atoms with E-state index in [9.17, 15) is 4.79 Å². The number of pyridine rings is 1. The molecule has 0 atom stereocenters. The highest BCUT2D eigenvalue weighted by Crippen LogP contribution is 2.32. The number of benzene rings is 1. The highest BCUT2D eigenvalue weighted by Gasteiger charge is 2.16. The minimum absolute atomic E-state index is 0.175. The van der Waals surface area contributed by atoms with Gasteiger partial charge in [0.05, 0.1) is 18.3 Å². The summed E-state index contributed by atoms with van der Waals surface area (Å²) >= 11 is 0. The molecule has 0 unspecified atom stereocenters. The number of aromatic nitrogens is 2. The Morgan fingerprint density at radius 2 is 2.14 bits per heavy atom. The Hall–Kier alpha value is -3.02. The molecule has 6 nitrogen and oxygen atoms in total. The number of fused-ring (bicyclic) bond motifs is 2. The van der Waals surface area contributed by atoms with E-state index in [0.29, 0.717) is 23.6 Å². The van der Waals surface area contributed by atoms with E-state index in [1.807, 2.05) is 28.8 Å². The molecule has 1 amide bonds. The van der Waals surface area contributed by atoms with Gasteiger partial charge in [-0.3, -0.25) is 4.79 Å². The van der Waals surface area contributed by atoms with E-state index < -0.39 is 0 Å². The molecule has 0 saturated carbocycles. The van der Waals surface area contributed by atoms with Gasteiger partial charge >= 0.3 is 0 Å². The van der Waals surface area contributed by atoms with Crippen LogP contribution in [0.3, 0.4) is 0 Å². The van der Waals surface area contributed by atoms with Crippen molar-refractivity contribution in [2.24, 2.45) is 0 Å². The van der Waals surface area contributed by atoms with E-state index in [1.54, 1.807) is 24.4 Å². The van der Waals surface area contributed by atoms with Gasteiger partial charge in [0.2, 0.25) is 6.79 Å². The second-order valence-corrected chi connectivity index (χ2v) is 4.92. The third-order valence-electron chi connectivity index (χ3n) is 3.56. The van der Waals surface area contributed by atoms with Crippen molar-refractivity contribution in [1.29, 1.82) is 0 Å². The molecule has 1 N–H and O–H groups in total. The van der Waals surface area contributed by atoms with Crippen LogP contribution < -0.4 is 14.8 Å². The van der Waals surface area contributed by atoms with Crippen LogP contribution in [0.1, 0.15) is 16.2 Å². The molecule has 6 heteroatoms. The molecular weight excluding hydrogens is 282 g/mol. The highest BCUT2D eigenvalue weighted by atomic mass is 16.7. The van der Waals surface area contributed by atoms with Gasteiger partial charge in [-0.15, -0.1) is 0 Å². The van der Waals surface area contributed by atoms with Crippen LogP contribution in [0.25, 0.3) is 5.52 Å². The van der Waals surface area contributed by atoms with Crippen LogP contribution >= 0.6 is 0 Å². The minimum atomic E-state index is -0.175. The number of hydrogen-bond donors (Lipinski definition) is 1. The average molecular weight is 295 g/mol. The number of carbonyl (C=O) groups excluding carboxylic acids is 1. The third-order valence-corrected chi connectivity index (χ3v) is 3.56. The largest absolute Gasteiger partial charge is 0.454 e. The van der Waals surface area contributed by atoms with Gasteiger partial charge in [-0.1, -0.05) is 6.07 Å². The Balaban J connectivity index is 1.50. The Morgan fingerprint density at radius 3 is 3.09 bits per heavy atom. The smallest absolute Gasteiger partial charge is 0.251 e. The Kier molecular flexibility index (Phi) is 2.93. The fourth-order valence-corrected chi connectivity index (χ4v) is 2.43. The summed E-state index contributed by atoms with van der Waals surface area (Å²) < 4.78 is 12.5. The van der Waals surface area contributed by atoms with Gasteiger partial charge in [0.1, 0.15) is 5.82 Å². The van der Waals surface area contributed by atoms with Gasteiger partial charge in [-0.25, -0.2) is 4.98 Å². The molecule has 1 aliphatic heterocycles. The zero-order chi connectivity index (χ0) is 14.9. The van der Waals surface area contributed by atoms with Crippen LogP contribution in [0.5, 0.6) is 11.5 Å². The number of carbonyl (C=O) groups is 1. The second-order valence-electron chi connectivity index (χ2n) is 4.92. The number of nitrogens with zero attached hydrogens (tertiary/aromatic N) is 2. The van der Waals surface area contributed by atoms with Crippen LogP contribution in [0.4, 0.5) is 0 Å². The fourth-order valence-electron chi connectivity index (χ4n) is 2.43. The van der Waals surface area contributed by atoms with Crippen LogP contribution in [-0.4, -0.2) is 22.1 Å². The van der Waals surface area contributed by atoms with Crippen LogP contribution in [0.15, 0.2) is 48.8 Å². The van der Waals surface area contributed by atoms with E-state index in [2.05, 4.69) is 10.3 Å². The van der Waals surface area contributed by atoms with Crippen molar-refractivity contribution in [2.75, 3.05) is 6.79 Å². The van der Waals surface area contributed by atoms with Gasteiger partial charge in [0.25, 0.3) is 5.91 Å². The summed E-state index contributed by atoms with van der Waals surface area (Å²) in [6.07, 6.45) is 3.70. The quantitative estimate of drug-likeness (QED) is 0.802. The van der Waals surface area contributed by atoms with E-state index in [1.165, 1.54) is 0 Å². The molecule has 22 heavy (non-hydrogen) atoms. The molecule has 0 saturated heterocycles. The first-order valence-electron chi connectivity index (χ1n) is 6.90. The topological polar surface area (TPSA) is 64.9 Å². The molecule has 2 aromatic heterocycles. The van der Waals surface area contributed by atoms with Gasteiger partial charge in [0.15, 0.2) is 11.5 Å². The number of nitrogens with one attached hydrogen (secondary N) is 1. The molecule has 0 fully saturated rings. The first-order valence-corrected chi connectivity index (χ1v) is 6.90. The summed E-state index contributed by atoms with van der Waals surface area (Å²) in [5, 5.41) is 2.87. The maximum atomic E-state index is 12.2. The average Bonchev–Trinajstić information content (AvgIpc) is 3.18. The molecule has 0 spiro atoms. The lowest BCUT2D eigenvalue weighted by Gasteiger charge is -2.06. The van der Waals surface area contributed by atoms with Gasteiger partial charge in [-0.2, -0.15) is 0 Å². The maximum Gasteiger partial charge on any atom is 0.251 e. The molecule has 0 bridgehead atoms. The molecule has 0 aliphatic carbocycles. The lowest BCUT2D eigenvalue weighted by atomic mass is 10.2. The summed E-state index contributed by atoms with van der Waals surface area (Å²) in [6.45, 7) is 0.548. The van der Waals surface area contributed by atoms with E-state index >= 15 is 0 Å². The summed E-state index contributed by atoms with van der Waals surface area (Å²) in [7, 11) is 0. The number of ether oxygens (including phenoxy) is 2. The van der Waals surface area contributed by atoms with Crippen molar-refractivity contribution in [3.63, 3.8) is 0 Å². The lowest BCUT2D eigenvalue weighted by molar-refractivity contribution is 0.0949. The Labute approximate surface area is 126 Å². The zero-order valence-corrected chi connectivity index (χ0v) is 11.7. The highest BCUT2D eigenvalue weighted by molar-refractivity contribution is 5.94. The van der Waals surface area contributed by atoms with Gasteiger partial charge in [0, 0.05) is 11.8 Å². The molecule has 3 aromatic rings. The number of hydrogen-bond acceptors (Lipinski definition) is 4. The summed E-state index contributed by atoms with van der Waals surface area (Å²) in [5.74, 6) is 1.87. The number of rotatable bonds is 3. The molecule has 1 aromatic carbocycles. The van der Waals surface area contributed by atoms with Crippen molar-refractivity contribution in [1.82, 2.24) is 14.7 Å². The fraction of sp³-hybridized carbons (Fsp3) is 0.125. The van der Waals surface area contributed by atoms with Gasteiger partial charge in [-0.05, 0) is 30.3 Å². The zero-order valence-electron chi connectivity index (χ0n) is 11.7. The van der Waals surface area contributed by atoms with Crippen molar-refractivity contribution in [3.05, 3.63) is 60.2 Å². The maximum absolute atomic E-state index is 12.2. The van der Waals surface area contributed by atoms with Crippen molar-refractivity contribution in [3.8, 4) is 11.5 Å². The second kappa shape index (κ2) is 5.07. The van der Waals surface area contributed by atoms with E-state index in [0.717, 1.165) is 11.3 Å². The summed E-state index contributed by atoms with van der Waals surface area (Å²) in [6, 6.07) is 11.0. The van der Waals surface area contributed by atoms with Crippen molar-refractivity contribution < 1.29 is 14.3 Å². The summed E-state index contributed by atoms with van der Waals surface area (Å²) in [4.78, 5) is 16.6. The monoisotopic (exact) mass is 295 g/mol. The predicted molar refractivity (Wildman–Crippen MR) is 78.9 cm³/mol. The lowest BCUT2D eigenvalue weighted by Crippen LogP contribution is -2.23. The Bertz CT molecular complexity index is 857. The molecule has 110 valence electrons. The van der Waals surface area contributed by atoms with E-state index in [4.69, 9.17) is 9.47 Å². The molecule has 3 heterocycles. The first kappa shape index (κ1) is 12.7. The van der Waals surface area contributed by atoms with E-state index in [-0.39, 0.29) is 12.7 Å². The first-order chi connectivity index (χ1) is 10.8. The van der Waals surface area contributed by atoms with Crippen LogP contribution in [0, 0.1) is 0 Å². The molecular formula is C16H13N3O3. The predicted octanol–water partition coefficient (Wildman–Crippen LogP) is 1.99. The van der Waals surface area contributed by atoms with Crippen LogP contribution in [-0.2, 0) is 6.54 Å². The number of amides is 1. The molecule has 0 radical (unpaired) electrons. The Morgan fingerprint density at radius 1 is 1.23 bits per heavy atom. The summed E-state index contributed by atoms with van der Waals surface area (Å²) in [5.41, 5.74) is 1.53. The van der Waals surface area contributed by atoms with Crippen LogP contribution in [0.2, 0.25) is 0 Å². The van der Waals surface area contributed by atoms with Crippen molar-refractivity contribution in [2.45, 2.75) is 6.54 Å². The van der Waals surface area contributed by atoms with Gasteiger partial charge < -0.3 is 19.2 Å². The minimum Gasteiger partial charge on any atom is -0.454 e. The van der Waals surface area contributed by atoms with Crippen molar-refractivity contribution >= 4 is 11.4 Å².